The molecule has 0 aliphatic carbocycles. The van der Waals surface area contributed by atoms with Crippen molar-refractivity contribution in [3.63, 3.8) is 0 Å². The third-order valence-corrected chi connectivity index (χ3v) is 5.67. The lowest BCUT2D eigenvalue weighted by Crippen LogP contribution is -2.37. The van der Waals surface area contributed by atoms with Crippen LogP contribution in [0.5, 0.6) is 0 Å². The Morgan fingerprint density at radius 3 is 2.38 bits per heavy atom. The molecule has 3 N–H and O–H groups in total. The van der Waals surface area contributed by atoms with Gasteiger partial charge < -0.3 is 5.73 Å². The number of sulfonamides is 1. The summed E-state index contributed by atoms with van der Waals surface area (Å²) in [5.41, 5.74) is 5.73. The van der Waals surface area contributed by atoms with E-state index in [4.69, 9.17) is 17.3 Å². The van der Waals surface area contributed by atoms with Gasteiger partial charge in [-0.1, -0.05) is 38.3 Å². The van der Waals surface area contributed by atoms with Crippen LogP contribution in [0, 0.1) is 11.7 Å². The molecule has 1 unspecified atom stereocenters. The number of nitrogens with two attached hydrogens (primary N) is 1. The Morgan fingerprint density at radius 1 is 1.33 bits per heavy atom. The molecule has 21 heavy (non-hydrogen) atoms. The van der Waals surface area contributed by atoms with Crippen molar-refractivity contribution in [1.82, 2.24) is 4.72 Å². The van der Waals surface area contributed by atoms with Crippen molar-refractivity contribution in [2.45, 2.75) is 51.1 Å². The van der Waals surface area contributed by atoms with Crippen molar-refractivity contribution in [1.29, 1.82) is 0 Å². The lowest BCUT2D eigenvalue weighted by atomic mass is 9.96. The largest absolute Gasteiger partial charge is 0.326 e. The van der Waals surface area contributed by atoms with Crippen LogP contribution in [0.25, 0.3) is 0 Å². The van der Waals surface area contributed by atoms with Crippen LogP contribution in [-0.4, -0.2) is 14.5 Å². The van der Waals surface area contributed by atoms with Gasteiger partial charge >= 0.3 is 0 Å². The van der Waals surface area contributed by atoms with Gasteiger partial charge in [-0.05, 0) is 30.5 Å². The predicted octanol–water partition coefficient (Wildman–Crippen LogP) is 3.04. The van der Waals surface area contributed by atoms with E-state index in [1.807, 2.05) is 20.8 Å². The summed E-state index contributed by atoms with van der Waals surface area (Å²) in [6.45, 7) is 5.80. The van der Waals surface area contributed by atoms with Gasteiger partial charge in [-0.15, -0.1) is 0 Å². The van der Waals surface area contributed by atoms with E-state index in [1.54, 1.807) is 0 Å². The molecule has 1 atom stereocenters. The Labute approximate surface area is 130 Å². The monoisotopic (exact) mass is 336 g/mol. The second kappa shape index (κ2) is 7.54. The van der Waals surface area contributed by atoms with Crippen LogP contribution >= 0.6 is 11.6 Å². The van der Waals surface area contributed by atoms with Gasteiger partial charge in [0.05, 0.1) is 9.92 Å². The van der Waals surface area contributed by atoms with Gasteiger partial charge in [0.1, 0.15) is 5.82 Å². The summed E-state index contributed by atoms with van der Waals surface area (Å²) in [7, 11) is -3.80. The molecule has 0 radical (unpaired) electrons. The zero-order valence-corrected chi connectivity index (χ0v) is 14.1. The molecule has 0 saturated carbocycles. The Morgan fingerprint density at radius 2 is 1.90 bits per heavy atom. The minimum absolute atomic E-state index is 0.0266. The number of hydrogen-bond donors (Lipinski definition) is 2. The summed E-state index contributed by atoms with van der Waals surface area (Å²) in [6, 6.07) is 2.00. The third-order valence-electron chi connectivity index (χ3n) is 3.70. The molecule has 0 saturated heterocycles. The van der Waals surface area contributed by atoms with Crippen molar-refractivity contribution >= 4 is 21.6 Å². The average Bonchev–Trinajstić information content (AvgIpc) is 2.42. The first-order valence-electron chi connectivity index (χ1n) is 6.97. The standard InChI is InChI=1S/C14H22ClFN2O2S/c1-4-10(5-2)9(3)18-21(19,20)12-6-11(8-17)14(15)13(16)7-12/h6-7,9-10,18H,4-5,8,17H2,1-3H3. The van der Waals surface area contributed by atoms with Crippen molar-refractivity contribution in [2.75, 3.05) is 0 Å². The van der Waals surface area contributed by atoms with E-state index in [2.05, 4.69) is 4.72 Å². The Hall–Kier alpha value is -0.690. The van der Waals surface area contributed by atoms with E-state index < -0.39 is 15.8 Å². The van der Waals surface area contributed by atoms with E-state index in [-0.39, 0.29) is 34.0 Å². The van der Waals surface area contributed by atoms with Crippen LogP contribution in [0.1, 0.15) is 39.2 Å². The summed E-state index contributed by atoms with van der Waals surface area (Å²) >= 11 is 5.75. The van der Waals surface area contributed by atoms with E-state index in [0.29, 0.717) is 0 Å². The number of halogens is 2. The summed E-state index contributed by atoms with van der Waals surface area (Å²) in [5, 5.41) is -0.135. The first-order valence-corrected chi connectivity index (χ1v) is 8.83. The van der Waals surface area contributed by atoms with Gasteiger partial charge in [-0.2, -0.15) is 0 Å². The first-order chi connectivity index (χ1) is 9.76. The Balaban J connectivity index is 3.11. The first kappa shape index (κ1) is 18.4. The fraction of sp³-hybridized carbons (Fsp3) is 0.571. The maximum atomic E-state index is 13.7. The van der Waals surface area contributed by atoms with Crippen molar-refractivity contribution in [3.05, 3.63) is 28.5 Å². The van der Waals surface area contributed by atoms with Gasteiger partial charge in [0.15, 0.2) is 0 Å². The van der Waals surface area contributed by atoms with Crippen molar-refractivity contribution in [2.24, 2.45) is 11.7 Å². The summed E-state index contributed by atoms with van der Waals surface area (Å²) < 4.78 is 41.0. The highest BCUT2D eigenvalue weighted by atomic mass is 35.5. The lowest BCUT2D eigenvalue weighted by Gasteiger charge is -2.22. The molecule has 120 valence electrons. The Bertz CT molecular complexity index is 589. The normalized spacial score (nSPS) is 13.7. The lowest BCUT2D eigenvalue weighted by molar-refractivity contribution is 0.390. The molecule has 0 heterocycles. The second-order valence-corrected chi connectivity index (χ2v) is 7.16. The minimum atomic E-state index is -3.80. The van der Waals surface area contributed by atoms with Crippen LogP contribution in [-0.2, 0) is 16.6 Å². The van der Waals surface area contributed by atoms with Gasteiger partial charge in [0, 0.05) is 12.6 Å². The summed E-state index contributed by atoms with van der Waals surface area (Å²) in [4.78, 5) is -0.150. The van der Waals surface area contributed by atoms with Gasteiger partial charge in [0.2, 0.25) is 10.0 Å². The van der Waals surface area contributed by atoms with Gasteiger partial charge in [0.25, 0.3) is 0 Å². The van der Waals surface area contributed by atoms with Crippen molar-refractivity contribution in [3.8, 4) is 0 Å². The van der Waals surface area contributed by atoms with E-state index in [9.17, 15) is 12.8 Å². The van der Waals surface area contributed by atoms with Crippen LogP contribution in [0.4, 0.5) is 4.39 Å². The SMILES string of the molecule is CCC(CC)C(C)NS(=O)(=O)c1cc(F)c(Cl)c(CN)c1. The van der Waals surface area contributed by atoms with Gasteiger partial charge in [-0.25, -0.2) is 17.5 Å². The molecule has 0 aliphatic rings. The van der Waals surface area contributed by atoms with E-state index >= 15 is 0 Å². The maximum absolute atomic E-state index is 13.7. The molecule has 7 heteroatoms. The number of benzene rings is 1. The van der Waals surface area contributed by atoms with Crippen molar-refractivity contribution < 1.29 is 12.8 Å². The Kier molecular flexibility index (Phi) is 6.59. The number of rotatable bonds is 7. The molecule has 0 bridgehead atoms. The molecule has 0 spiro atoms. The highest BCUT2D eigenvalue weighted by Crippen LogP contribution is 2.25. The second-order valence-electron chi connectivity index (χ2n) is 5.07. The molecular formula is C14H22ClFN2O2S. The highest BCUT2D eigenvalue weighted by molar-refractivity contribution is 7.89. The molecule has 1 aromatic carbocycles. The molecule has 1 rings (SSSR count). The molecule has 1 aromatic rings. The van der Waals surface area contributed by atoms with Crippen LogP contribution in [0.2, 0.25) is 5.02 Å². The highest BCUT2D eigenvalue weighted by Gasteiger charge is 2.23. The third kappa shape index (κ3) is 4.39. The smallest absolute Gasteiger partial charge is 0.240 e. The van der Waals surface area contributed by atoms with Crippen LogP contribution in [0.15, 0.2) is 17.0 Å². The molecule has 0 amide bonds. The van der Waals surface area contributed by atoms with Crippen LogP contribution < -0.4 is 10.5 Å². The quantitative estimate of drug-likeness (QED) is 0.803. The fourth-order valence-corrected chi connectivity index (χ4v) is 3.89. The fourth-order valence-electron chi connectivity index (χ4n) is 2.33. The number of hydrogen-bond acceptors (Lipinski definition) is 3. The molecule has 4 nitrogen and oxygen atoms in total. The van der Waals surface area contributed by atoms with Gasteiger partial charge in [-0.3, -0.25) is 0 Å². The van der Waals surface area contributed by atoms with Crippen LogP contribution in [0.3, 0.4) is 0 Å². The summed E-state index contributed by atoms with van der Waals surface area (Å²) in [5.74, 6) is -0.555. The number of nitrogens with one attached hydrogen (secondary N) is 1. The summed E-state index contributed by atoms with van der Waals surface area (Å²) in [6.07, 6.45) is 1.73. The zero-order chi connectivity index (χ0) is 16.2. The van der Waals surface area contributed by atoms with E-state index in [0.717, 1.165) is 18.9 Å². The predicted molar refractivity (Wildman–Crippen MR) is 83.2 cm³/mol. The molecular weight excluding hydrogens is 315 g/mol. The molecule has 0 aliphatic heterocycles. The van der Waals surface area contributed by atoms with E-state index in [1.165, 1.54) is 6.07 Å². The minimum Gasteiger partial charge on any atom is -0.326 e. The zero-order valence-electron chi connectivity index (χ0n) is 12.5. The maximum Gasteiger partial charge on any atom is 0.240 e. The molecule has 0 fully saturated rings. The average molecular weight is 337 g/mol. The topological polar surface area (TPSA) is 72.2 Å². The molecule has 0 aromatic heterocycles.